The SMILES string of the molecule is CCOc1ccc(C(C)CC2OC2C)c(C)c1. The lowest BCUT2D eigenvalue weighted by Gasteiger charge is -2.15. The van der Waals surface area contributed by atoms with Gasteiger partial charge in [-0.3, -0.25) is 0 Å². The lowest BCUT2D eigenvalue weighted by molar-refractivity contribution is 0.339. The number of hydrogen-bond donors (Lipinski definition) is 0. The first-order valence-electron chi connectivity index (χ1n) is 6.50. The highest BCUT2D eigenvalue weighted by Crippen LogP contribution is 2.34. The Kier molecular flexibility index (Phi) is 3.72. The van der Waals surface area contributed by atoms with Gasteiger partial charge in [-0.15, -0.1) is 0 Å². The Bertz CT molecular complexity index is 387. The molecule has 3 unspecified atom stereocenters. The van der Waals surface area contributed by atoms with E-state index in [4.69, 9.17) is 9.47 Å². The zero-order chi connectivity index (χ0) is 12.4. The van der Waals surface area contributed by atoms with E-state index in [0.717, 1.165) is 18.8 Å². The van der Waals surface area contributed by atoms with E-state index < -0.39 is 0 Å². The summed E-state index contributed by atoms with van der Waals surface area (Å²) in [6, 6.07) is 6.39. The van der Waals surface area contributed by atoms with E-state index in [-0.39, 0.29) is 0 Å². The van der Waals surface area contributed by atoms with Gasteiger partial charge in [0.05, 0.1) is 18.8 Å². The number of rotatable bonds is 5. The monoisotopic (exact) mass is 234 g/mol. The minimum absolute atomic E-state index is 0.459. The Hall–Kier alpha value is -1.02. The molecule has 0 N–H and O–H groups in total. The van der Waals surface area contributed by atoms with Crippen molar-refractivity contribution in [3.05, 3.63) is 29.3 Å². The van der Waals surface area contributed by atoms with Crippen molar-refractivity contribution in [2.75, 3.05) is 6.61 Å². The maximum atomic E-state index is 5.51. The normalized spacial score (nSPS) is 24.5. The van der Waals surface area contributed by atoms with Crippen LogP contribution in [-0.2, 0) is 4.74 Å². The molecule has 3 atom stereocenters. The Labute approximate surface area is 104 Å². The first-order valence-corrected chi connectivity index (χ1v) is 6.50. The Morgan fingerprint density at radius 1 is 1.41 bits per heavy atom. The summed E-state index contributed by atoms with van der Waals surface area (Å²) in [5.41, 5.74) is 2.73. The molecule has 0 spiro atoms. The zero-order valence-corrected chi connectivity index (χ0v) is 11.2. The van der Waals surface area contributed by atoms with Gasteiger partial charge in [0, 0.05) is 0 Å². The molecule has 1 aromatic rings. The maximum Gasteiger partial charge on any atom is 0.119 e. The predicted octanol–water partition coefficient (Wildman–Crippen LogP) is 3.67. The molecule has 1 aliphatic heterocycles. The molecule has 1 aliphatic rings. The van der Waals surface area contributed by atoms with Crippen molar-refractivity contribution in [3.8, 4) is 5.75 Å². The van der Waals surface area contributed by atoms with E-state index in [2.05, 4.69) is 39.0 Å². The van der Waals surface area contributed by atoms with Gasteiger partial charge in [0.15, 0.2) is 0 Å². The van der Waals surface area contributed by atoms with Gasteiger partial charge in [-0.2, -0.15) is 0 Å². The van der Waals surface area contributed by atoms with Gasteiger partial charge in [-0.1, -0.05) is 13.0 Å². The van der Waals surface area contributed by atoms with Crippen molar-refractivity contribution in [2.45, 2.75) is 52.2 Å². The largest absolute Gasteiger partial charge is 0.494 e. The van der Waals surface area contributed by atoms with Gasteiger partial charge in [-0.05, 0) is 56.4 Å². The van der Waals surface area contributed by atoms with Crippen LogP contribution in [0.3, 0.4) is 0 Å². The summed E-state index contributed by atoms with van der Waals surface area (Å²) >= 11 is 0. The van der Waals surface area contributed by atoms with E-state index in [9.17, 15) is 0 Å². The second-order valence-electron chi connectivity index (χ2n) is 4.97. The van der Waals surface area contributed by atoms with Crippen molar-refractivity contribution in [2.24, 2.45) is 0 Å². The van der Waals surface area contributed by atoms with E-state index >= 15 is 0 Å². The summed E-state index contributed by atoms with van der Waals surface area (Å²) in [5.74, 6) is 1.53. The average molecular weight is 234 g/mol. The fraction of sp³-hybridized carbons (Fsp3) is 0.600. The third-order valence-corrected chi connectivity index (χ3v) is 3.51. The standard InChI is InChI=1S/C15H22O2/c1-5-16-13-6-7-14(10(2)8-13)11(3)9-15-12(4)17-15/h6-8,11-12,15H,5,9H2,1-4H3. The first kappa shape index (κ1) is 12.4. The molecule has 0 bridgehead atoms. The highest BCUT2D eigenvalue weighted by Gasteiger charge is 2.35. The molecule has 2 heteroatoms. The predicted molar refractivity (Wildman–Crippen MR) is 69.7 cm³/mol. The molecular weight excluding hydrogens is 212 g/mol. The molecular formula is C15H22O2. The second kappa shape index (κ2) is 5.09. The van der Waals surface area contributed by atoms with Crippen LogP contribution in [0.15, 0.2) is 18.2 Å². The van der Waals surface area contributed by atoms with Crippen molar-refractivity contribution in [1.29, 1.82) is 0 Å². The fourth-order valence-corrected chi connectivity index (χ4v) is 2.41. The van der Waals surface area contributed by atoms with Crippen LogP contribution >= 0.6 is 0 Å². The number of ether oxygens (including phenoxy) is 2. The Morgan fingerprint density at radius 3 is 2.65 bits per heavy atom. The van der Waals surface area contributed by atoms with E-state index in [0.29, 0.717) is 18.1 Å². The summed E-state index contributed by atoms with van der Waals surface area (Å²) in [5, 5.41) is 0. The molecule has 0 amide bonds. The van der Waals surface area contributed by atoms with Crippen LogP contribution in [-0.4, -0.2) is 18.8 Å². The van der Waals surface area contributed by atoms with Crippen molar-refractivity contribution < 1.29 is 9.47 Å². The molecule has 94 valence electrons. The molecule has 2 rings (SSSR count). The zero-order valence-electron chi connectivity index (χ0n) is 11.2. The average Bonchev–Trinajstić information content (AvgIpc) is 2.94. The number of aryl methyl sites for hydroxylation is 1. The summed E-state index contributed by atoms with van der Waals surface area (Å²) < 4.78 is 11.0. The van der Waals surface area contributed by atoms with Gasteiger partial charge in [0.25, 0.3) is 0 Å². The molecule has 0 aliphatic carbocycles. The lowest BCUT2D eigenvalue weighted by atomic mass is 9.92. The summed E-state index contributed by atoms with van der Waals surface area (Å²) in [6.45, 7) is 9.31. The first-order chi connectivity index (χ1) is 8.11. The van der Waals surface area contributed by atoms with E-state index in [1.54, 1.807) is 0 Å². The van der Waals surface area contributed by atoms with Crippen molar-refractivity contribution in [1.82, 2.24) is 0 Å². The third kappa shape index (κ3) is 3.01. The van der Waals surface area contributed by atoms with Crippen LogP contribution in [0.5, 0.6) is 5.75 Å². The highest BCUT2D eigenvalue weighted by atomic mass is 16.6. The molecule has 1 aromatic carbocycles. The van der Waals surface area contributed by atoms with Crippen molar-refractivity contribution >= 4 is 0 Å². The minimum Gasteiger partial charge on any atom is -0.494 e. The van der Waals surface area contributed by atoms with Gasteiger partial charge in [0.2, 0.25) is 0 Å². The number of benzene rings is 1. The lowest BCUT2D eigenvalue weighted by Crippen LogP contribution is -2.02. The third-order valence-electron chi connectivity index (χ3n) is 3.51. The van der Waals surface area contributed by atoms with Crippen molar-refractivity contribution in [3.63, 3.8) is 0 Å². The van der Waals surface area contributed by atoms with Gasteiger partial charge in [0.1, 0.15) is 5.75 Å². The summed E-state index contributed by atoms with van der Waals surface area (Å²) in [7, 11) is 0. The Balaban J connectivity index is 2.04. The van der Waals surface area contributed by atoms with Crippen LogP contribution < -0.4 is 4.74 Å². The molecule has 1 saturated heterocycles. The van der Waals surface area contributed by atoms with E-state index in [1.807, 2.05) is 6.92 Å². The minimum atomic E-state index is 0.459. The van der Waals surface area contributed by atoms with Crippen LogP contribution in [0, 0.1) is 6.92 Å². The van der Waals surface area contributed by atoms with Crippen LogP contribution in [0.2, 0.25) is 0 Å². The summed E-state index contributed by atoms with van der Waals surface area (Å²) in [6.07, 6.45) is 2.05. The number of epoxide rings is 1. The quantitative estimate of drug-likeness (QED) is 0.725. The number of hydrogen-bond acceptors (Lipinski definition) is 2. The molecule has 1 fully saturated rings. The topological polar surface area (TPSA) is 21.8 Å². The van der Waals surface area contributed by atoms with Crippen LogP contribution in [0.4, 0.5) is 0 Å². The molecule has 0 saturated carbocycles. The van der Waals surface area contributed by atoms with E-state index in [1.165, 1.54) is 11.1 Å². The van der Waals surface area contributed by atoms with Gasteiger partial charge >= 0.3 is 0 Å². The van der Waals surface area contributed by atoms with Gasteiger partial charge < -0.3 is 9.47 Å². The summed E-state index contributed by atoms with van der Waals surface area (Å²) in [4.78, 5) is 0. The smallest absolute Gasteiger partial charge is 0.119 e. The van der Waals surface area contributed by atoms with Crippen LogP contribution in [0.25, 0.3) is 0 Å². The maximum absolute atomic E-state index is 5.51. The molecule has 17 heavy (non-hydrogen) atoms. The molecule has 2 nitrogen and oxygen atoms in total. The molecule has 1 heterocycles. The molecule has 0 radical (unpaired) electrons. The van der Waals surface area contributed by atoms with Gasteiger partial charge in [-0.25, -0.2) is 0 Å². The second-order valence-corrected chi connectivity index (χ2v) is 4.97. The fourth-order valence-electron chi connectivity index (χ4n) is 2.41. The molecule has 0 aromatic heterocycles. The van der Waals surface area contributed by atoms with Crippen LogP contribution in [0.1, 0.15) is 44.2 Å². The highest BCUT2D eigenvalue weighted by molar-refractivity contribution is 5.36. The Morgan fingerprint density at radius 2 is 2.12 bits per heavy atom.